The van der Waals surface area contributed by atoms with Gasteiger partial charge in [-0.2, -0.15) is 0 Å². The minimum atomic E-state index is -0.582. The summed E-state index contributed by atoms with van der Waals surface area (Å²) in [6.45, 7) is 1.49. The van der Waals surface area contributed by atoms with Gasteiger partial charge in [-0.3, -0.25) is 14.9 Å². The van der Waals surface area contributed by atoms with Crippen LogP contribution in [0, 0.1) is 10.1 Å². The van der Waals surface area contributed by atoms with Crippen molar-refractivity contribution in [1.82, 2.24) is 9.88 Å². The van der Waals surface area contributed by atoms with Crippen LogP contribution in [-0.4, -0.2) is 40.3 Å². The first-order chi connectivity index (χ1) is 9.08. The summed E-state index contributed by atoms with van der Waals surface area (Å²) < 4.78 is 0. The van der Waals surface area contributed by atoms with Crippen molar-refractivity contribution in [1.29, 1.82) is 0 Å². The smallest absolute Gasteiger partial charge is 0.312 e. The zero-order valence-corrected chi connectivity index (χ0v) is 10.9. The summed E-state index contributed by atoms with van der Waals surface area (Å²) in [5.41, 5.74) is -0.235. The molecular weight excluding hydrogens is 272 g/mol. The molecule has 1 N–H and O–H groups in total. The number of carbonyl (C=O) groups excluding carboxylic acids is 1. The number of aromatic nitrogens is 1. The molecule has 1 aromatic rings. The lowest BCUT2D eigenvalue weighted by Gasteiger charge is -2.15. The number of carbonyl (C=O) groups is 1. The van der Waals surface area contributed by atoms with Gasteiger partial charge in [0, 0.05) is 25.4 Å². The van der Waals surface area contributed by atoms with Crippen molar-refractivity contribution in [2.45, 2.75) is 12.8 Å². The van der Waals surface area contributed by atoms with Crippen LogP contribution < -0.4 is 5.32 Å². The fourth-order valence-corrected chi connectivity index (χ4v) is 2.09. The fraction of sp³-hybridized carbons (Fsp3) is 0.455. The van der Waals surface area contributed by atoms with Crippen molar-refractivity contribution in [2.24, 2.45) is 0 Å². The summed E-state index contributed by atoms with van der Waals surface area (Å²) in [4.78, 5) is 27.6. The van der Waals surface area contributed by atoms with E-state index in [9.17, 15) is 14.9 Å². The van der Waals surface area contributed by atoms with Gasteiger partial charge in [0.1, 0.15) is 0 Å². The summed E-state index contributed by atoms with van der Waals surface area (Å²) in [6.07, 6.45) is 3.31. The molecule has 8 heteroatoms. The first-order valence-corrected chi connectivity index (χ1v) is 6.27. The van der Waals surface area contributed by atoms with Crippen LogP contribution in [0.4, 0.5) is 11.5 Å². The highest BCUT2D eigenvalue weighted by Crippen LogP contribution is 2.24. The molecule has 2 rings (SSSR count). The molecule has 1 fully saturated rings. The molecule has 1 aromatic heterocycles. The molecule has 2 heterocycles. The molecule has 1 aliphatic heterocycles. The van der Waals surface area contributed by atoms with Gasteiger partial charge in [0.15, 0.2) is 0 Å². The molecule has 0 radical (unpaired) electrons. The third-order valence-corrected chi connectivity index (χ3v) is 3.10. The molecule has 102 valence electrons. The Kier molecular flexibility index (Phi) is 4.16. The maximum Gasteiger partial charge on any atom is 0.312 e. The predicted octanol–water partition coefficient (Wildman–Crippen LogP) is 1.68. The van der Waals surface area contributed by atoms with Crippen molar-refractivity contribution in [3.8, 4) is 0 Å². The van der Waals surface area contributed by atoms with E-state index < -0.39 is 4.92 Å². The molecule has 0 bridgehead atoms. The first kappa shape index (κ1) is 13.5. The van der Waals surface area contributed by atoms with Gasteiger partial charge < -0.3 is 10.2 Å². The minimum Gasteiger partial charge on any atom is -0.355 e. The SMILES string of the molecule is O=C(CNc1ncc(Cl)cc1[N+](=O)[O-])N1CCCC1. The molecule has 0 aromatic carbocycles. The number of likely N-dealkylation sites (tertiary alicyclic amines) is 1. The number of nitrogens with zero attached hydrogens (tertiary/aromatic N) is 3. The third-order valence-electron chi connectivity index (χ3n) is 2.90. The predicted molar refractivity (Wildman–Crippen MR) is 70.2 cm³/mol. The van der Waals surface area contributed by atoms with Crippen molar-refractivity contribution in [3.05, 3.63) is 27.4 Å². The monoisotopic (exact) mass is 284 g/mol. The molecule has 0 unspecified atom stereocenters. The second kappa shape index (κ2) is 5.83. The number of pyridine rings is 1. The Morgan fingerprint density at radius 3 is 2.84 bits per heavy atom. The van der Waals surface area contributed by atoms with E-state index in [0.29, 0.717) is 0 Å². The zero-order valence-electron chi connectivity index (χ0n) is 10.1. The summed E-state index contributed by atoms with van der Waals surface area (Å²) in [5.74, 6) is -0.0227. The summed E-state index contributed by atoms with van der Waals surface area (Å²) in [7, 11) is 0. The molecule has 19 heavy (non-hydrogen) atoms. The Bertz CT molecular complexity index is 503. The topological polar surface area (TPSA) is 88.4 Å². The van der Waals surface area contributed by atoms with Gasteiger partial charge >= 0.3 is 5.69 Å². The van der Waals surface area contributed by atoms with E-state index in [1.807, 2.05) is 0 Å². The van der Waals surface area contributed by atoms with Gasteiger partial charge in [0.25, 0.3) is 0 Å². The van der Waals surface area contributed by atoms with Crippen LogP contribution in [0.5, 0.6) is 0 Å². The van der Waals surface area contributed by atoms with Crippen molar-refractivity contribution in [3.63, 3.8) is 0 Å². The van der Waals surface area contributed by atoms with Crippen LogP contribution in [0.1, 0.15) is 12.8 Å². The van der Waals surface area contributed by atoms with Crippen LogP contribution in [-0.2, 0) is 4.79 Å². The molecule has 7 nitrogen and oxygen atoms in total. The van der Waals surface area contributed by atoms with Crippen molar-refractivity contribution in [2.75, 3.05) is 25.0 Å². The standard InChI is InChI=1S/C11H13ClN4O3/c12-8-5-9(16(18)19)11(13-6-8)14-7-10(17)15-3-1-2-4-15/h5-6H,1-4,7H2,(H,13,14). The van der Waals surface area contributed by atoms with Crippen LogP contribution >= 0.6 is 11.6 Å². The highest BCUT2D eigenvalue weighted by atomic mass is 35.5. The lowest BCUT2D eigenvalue weighted by molar-refractivity contribution is -0.384. The number of nitrogens with one attached hydrogen (secondary N) is 1. The fourth-order valence-electron chi connectivity index (χ4n) is 1.94. The van der Waals surface area contributed by atoms with Gasteiger partial charge in [-0.15, -0.1) is 0 Å². The Hall–Kier alpha value is -1.89. The Morgan fingerprint density at radius 2 is 2.21 bits per heavy atom. The van der Waals surface area contributed by atoms with Gasteiger partial charge in [0.05, 0.1) is 16.5 Å². The number of anilines is 1. The molecular formula is C11H13ClN4O3. The maximum absolute atomic E-state index is 11.8. The summed E-state index contributed by atoms with van der Waals surface area (Å²) in [5, 5.41) is 13.7. The van der Waals surface area contributed by atoms with E-state index in [2.05, 4.69) is 10.3 Å². The second-order valence-electron chi connectivity index (χ2n) is 4.22. The summed E-state index contributed by atoms with van der Waals surface area (Å²) in [6, 6.07) is 1.21. The molecule has 1 saturated heterocycles. The van der Waals surface area contributed by atoms with E-state index in [4.69, 9.17) is 11.6 Å². The van der Waals surface area contributed by atoms with E-state index in [1.165, 1.54) is 12.3 Å². The van der Waals surface area contributed by atoms with Gasteiger partial charge in [-0.1, -0.05) is 11.6 Å². The maximum atomic E-state index is 11.8. The van der Waals surface area contributed by atoms with Crippen LogP contribution in [0.15, 0.2) is 12.3 Å². The van der Waals surface area contributed by atoms with Crippen LogP contribution in [0.2, 0.25) is 5.02 Å². The molecule has 0 atom stereocenters. The Balaban J connectivity index is 2.02. The number of nitro groups is 1. The quantitative estimate of drug-likeness (QED) is 0.671. The van der Waals surface area contributed by atoms with Gasteiger partial charge in [-0.25, -0.2) is 4.98 Å². The van der Waals surface area contributed by atoms with Crippen LogP contribution in [0.3, 0.4) is 0 Å². The van der Waals surface area contributed by atoms with Gasteiger partial charge in [-0.05, 0) is 12.8 Å². The van der Waals surface area contributed by atoms with E-state index >= 15 is 0 Å². The lowest BCUT2D eigenvalue weighted by Crippen LogP contribution is -2.33. The largest absolute Gasteiger partial charge is 0.355 e. The number of hydrogen-bond acceptors (Lipinski definition) is 5. The Labute approximate surface area is 114 Å². The third kappa shape index (κ3) is 3.31. The Morgan fingerprint density at radius 1 is 1.53 bits per heavy atom. The average molecular weight is 285 g/mol. The zero-order chi connectivity index (χ0) is 13.8. The highest BCUT2D eigenvalue weighted by molar-refractivity contribution is 6.30. The number of amides is 1. The average Bonchev–Trinajstić information content (AvgIpc) is 2.90. The van der Waals surface area contributed by atoms with E-state index in [1.54, 1.807) is 4.90 Å². The van der Waals surface area contributed by atoms with Crippen LogP contribution in [0.25, 0.3) is 0 Å². The van der Waals surface area contributed by atoms with Crippen molar-refractivity contribution >= 4 is 29.0 Å². The molecule has 1 aliphatic rings. The minimum absolute atomic E-state index is 0.00449. The van der Waals surface area contributed by atoms with E-state index in [0.717, 1.165) is 25.9 Å². The molecule has 0 aliphatic carbocycles. The number of rotatable bonds is 4. The number of hydrogen-bond donors (Lipinski definition) is 1. The molecule has 0 spiro atoms. The first-order valence-electron chi connectivity index (χ1n) is 5.89. The molecule has 1 amide bonds. The van der Waals surface area contributed by atoms with E-state index in [-0.39, 0.29) is 29.0 Å². The lowest BCUT2D eigenvalue weighted by atomic mass is 10.4. The summed E-state index contributed by atoms with van der Waals surface area (Å²) >= 11 is 5.66. The number of halogens is 1. The highest BCUT2D eigenvalue weighted by Gasteiger charge is 2.20. The molecule has 0 saturated carbocycles. The second-order valence-corrected chi connectivity index (χ2v) is 4.66. The van der Waals surface area contributed by atoms with Gasteiger partial charge in [0.2, 0.25) is 11.7 Å². The van der Waals surface area contributed by atoms with Crippen molar-refractivity contribution < 1.29 is 9.72 Å². The normalized spacial score (nSPS) is 14.5.